The van der Waals surface area contributed by atoms with Crippen LogP contribution in [0, 0.1) is 0 Å². The van der Waals surface area contributed by atoms with Crippen molar-refractivity contribution in [3.63, 3.8) is 0 Å². The fraction of sp³-hybridized carbons (Fsp3) is 1.00. The summed E-state index contributed by atoms with van der Waals surface area (Å²) in [7, 11) is -2.89. The number of unbranched alkanes of at least 4 members (excludes halogenated alkanes) is 26. The predicted molar refractivity (Wildman–Crippen MR) is 175 cm³/mol. The van der Waals surface area contributed by atoms with Gasteiger partial charge in [0.25, 0.3) is 0 Å². The molecule has 0 heterocycles. The van der Waals surface area contributed by atoms with Gasteiger partial charge in [0.05, 0.1) is 13.2 Å². The molecule has 0 radical (unpaired) electrons. The fourth-order valence-electron chi connectivity index (χ4n) is 5.44. The fourth-order valence-corrected chi connectivity index (χ4v) is 7.14. The number of hydrogen-bond acceptors (Lipinski definition) is 3. The molecule has 0 saturated heterocycles. The van der Waals surface area contributed by atoms with Crippen LogP contribution >= 0.6 is 7.60 Å². The largest absolute Gasteiger partial charge is 0.330 e. The Morgan fingerprint density at radius 2 is 0.564 bits per heavy atom. The topological polar surface area (TPSA) is 35.5 Å². The van der Waals surface area contributed by atoms with Gasteiger partial charge in [0.15, 0.2) is 0 Å². The molecular weight excluding hydrogens is 499 g/mol. The predicted octanol–water partition coefficient (Wildman–Crippen LogP) is 13.6. The molecule has 0 fully saturated rings. The maximum atomic E-state index is 13.0. The molecule has 0 unspecified atom stereocenters. The van der Waals surface area contributed by atoms with Crippen molar-refractivity contribution in [2.24, 2.45) is 0 Å². The molecule has 0 rings (SSSR count). The van der Waals surface area contributed by atoms with Gasteiger partial charge in [-0.15, -0.1) is 0 Å². The van der Waals surface area contributed by atoms with Crippen molar-refractivity contribution >= 4 is 7.60 Å². The second-order valence-corrected chi connectivity index (χ2v) is 14.4. The summed E-state index contributed by atoms with van der Waals surface area (Å²) in [5, 5.41) is 0. The first-order valence-corrected chi connectivity index (χ1v) is 19.8. The van der Waals surface area contributed by atoms with E-state index >= 15 is 0 Å². The van der Waals surface area contributed by atoms with Crippen LogP contribution in [0.5, 0.6) is 0 Å². The minimum absolute atomic E-state index is 0.560. The third-order valence-electron chi connectivity index (χ3n) is 8.07. The Balaban J connectivity index is 3.51. The Hall–Kier alpha value is 0.150. The average molecular weight is 573 g/mol. The van der Waals surface area contributed by atoms with Crippen LogP contribution in [0.25, 0.3) is 0 Å². The molecular formula is C35H73O3P. The van der Waals surface area contributed by atoms with Gasteiger partial charge in [-0.25, -0.2) is 0 Å². The Bertz CT molecular complexity index is 458. The highest BCUT2D eigenvalue weighted by atomic mass is 31.2. The molecule has 4 heteroatoms. The SMILES string of the molecule is CCCCCCCCCCCCCCCCOP(=O)(CCC)OCCCCCCCCCCCCCCCC. The molecule has 0 aliphatic carbocycles. The zero-order valence-electron chi connectivity index (χ0n) is 27.3. The van der Waals surface area contributed by atoms with E-state index in [0.29, 0.717) is 19.4 Å². The lowest BCUT2D eigenvalue weighted by Crippen LogP contribution is -2.03. The Morgan fingerprint density at radius 3 is 0.795 bits per heavy atom. The molecule has 0 aliphatic rings. The van der Waals surface area contributed by atoms with Crippen LogP contribution in [0.15, 0.2) is 0 Å². The Kier molecular flexibility index (Phi) is 32.8. The second-order valence-electron chi connectivity index (χ2n) is 12.2. The molecule has 0 aromatic heterocycles. The quantitative estimate of drug-likeness (QED) is 0.0568. The molecule has 0 bridgehead atoms. The maximum absolute atomic E-state index is 13.0. The lowest BCUT2D eigenvalue weighted by atomic mass is 10.0. The van der Waals surface area contributed by atoms with Crippen LogP contribution in [-0.2, 0) is 13.6 Å². The van der Waals surface area contributed by atoms with E-state index in [-0.39, 0.29) is 0 Å². The third-order valence-corrected chi connectivity index (χ3v) is 10.2. The van der Waals surface area contributed by atoms with Crippen LogP contribution < -0.4 is 0 Å². The third kappa shape index (κ3) is 30.9. The van der Waals surface area contributed by atoms with Gasteiger partial charge in [-0.1, -0.05) is 188 Å². The normalized spacial score (nSPS) is 12.0. The summed E-state index contributed by atoms with van der Waals surface area (Å²) in [4.78, 5) is 0. The highest BCUT2D eigenvalue weighted by molar-refractivity contribution is 7.53. The highest BCUT2D eigenvalue weighted by Crippen LogP contribution is 2.49. The minimum Gasteiger partial charge on any atom is -0.309 e. The van der Waals surface area contributed by atoms with E-state index in [0.717, 1.165) is 19.3 Å². The van der Waals surface area contributed by atoms with Crippen molar-refractivity contribution < 1.29 is 13.6 Å². The van der Waals surface area contributed by atoms with E-state index < -0.39 is 7.60 Å². The van der Waals surface area contributed by atoms with Crippen molar-refractivity contribution in [3.05, 3.63) is 0 Å². The molecule has 3 nitrogen and oxygen atoms in total. The molecule has 39 heavy (non-hydrogen) atoms. The van der Waals surface area contributed by atoms with Gasteiger partial charge in [-0.2, -0.15) is 0 Å². The first-order chi connectivity index (χ1) is 19.2. The summed E-state index contributed by atoms with van der Waals surface area (Å²) in [6.07, 6.45) is 39.2. The number of rotatable bonds is 34. The van der Waals surface area contributed by atoms with E-state index in [4.69, 9.17) is 9.05 Å². The van der Waals surface area contributed by atoms with Gasteiger partial charge < -0.3 is 9.05 Å². The van der Waals surface area contributed by atoms with E-state index in [9.17, 15) is 4.57 Å². The minimum atomic E-state index is -2.89. The molecule has 0 amide bonds. The van der Waals surface area contributed by atoms with Gasteiger partial charge in [-0.3, -0.25) is 4.57 Å². The van der Waals surface area contributed by atoms with Gasteiger partial charge in [0.2, 0.25) is 0 Å². The molecule has 0 spiro atoms. The van der Waals surface area contributed by atoms with Crippen molar-refractivity contribution in [3.8, 4) is 0 Å². The summed E-state index contributed by atoms with van der Waals surface area (Å²) in [5.74, 6) is 0. The maximum Gasteiger partial charge on any atom is 0.330 e. The van der Waals surface area contributed by atoms with Crippen LogP contribution in [0.2, 0.25) is 0 Å². The van der Waals surface area contributed by atoms with Gasteiger partial charge in [-0.05, 0) is 19.3 Å². The van der Waals surface area contributed by atoms with E-state index in [1.807, 2.05) is 0 Å². The van der Waals surface area contributed by atoms with Crippen molar-refractivity contribution in [1.82, 2.24) is 0 Å². The molecule has 0 atom stereocenters. The van der Waals surface area contributed by atoms with E-state index in [2.05, 4.69) is 20.8 Å². The van der Waals surface area contributed by atoms with Crippen LogP contribution in [0.4, 0.5) is 0 Å². The summed E-state index contributed by atoms with van der Waals surface area (Å²) in [6.45, 7) is 7.82. The Morgan fingerprint density at radius 1 is 0.333 bits per heavy atom. The monoisotopic (exact) mass is 573 g/mol. The van der Waals surface area contributed by atoms with Crippen molar-refractivity contribution in [2.75, 3.05) is 19.4 Å². The Labute approximate surface area is 247 Å². The molecule has 0 aromatic rings. The zero-order valence-corrected chi connectivity index (χ0v) is 28.2. The molecule has 236 valence electrons. The lowest BCUT2D eigenvalue weighted by molar-refractivity contribution is 0.197. The molecule has 0 N–H and O–H groups in total. The van der Waals surface area contributed by atoms with Crippen molar-refractivity contribution in [2.45, 2.75) is 207 Å². The van der Waals surface area contributed by atoms with Crippen LogP contribution in [-0.4, -0.2) is 19.4 Å². The molecule has 0 aliphatic heterocycles. The second kappa shape index (κ2) is 32.7. The zero-order chi connectivity index (χ0) is 28.5. The summed E-state index contributed by atoms with van der Waals surface area (Å²) >= 11 is 0. The van der Waals surface area contributed by atoms with Gasteiger partial charge in [0.1, 0.15) is 0 Å². The molecule has 0 saturated carbocycles. The first kappa shape index (κ1) is 39.1. The smallest absolute Gasteiger partial charge is 0.309 e. The number of hydrogen-bond donors (Lipinski definition) is 0. The summed E-state index contributed by atoms with van der Waals surface area (Å²) in [6, 6.07) is 0. The average Bonchev–Trinajstić information content (AvgIpc) is 2.93. The van der Waals surface area contributed by atoms with E-state index in [1.54, 1.807) is 0 Å². The van der Waals surface area contributed by atoms with E-state index in [1.165, 1.54) is 167 Å². The summed E-state index contributed by atoms with van der Waals surface area (Å²) in [5.41, 5.74) is 0. The van der Waals surface area contributed by atoms with Crippen LogP contribution in [0.3, 0.4) is 0 Å². The summed E-state index contributed by atoms with van der Waals surface area (Å²) < 4.78 is 24.7. The highest BCUT2D eigenvalue weighted by Gasteiger charge is 2.22. The van der Waals surface area contributed by atoms with Gasteiger partial charge in [0, 0.05) is 6.16 Å². The lowest BCUT2D eigenvalue weighted by Gasteiger charge is -2.18. The molecule has 0 aromatic carbocycles. The van der Waals surface area contributed by atoms with Crippen molar-refractivity contribution in [1.29, 1.82) is 0 Å². The standard InChI is InChI=1S/C35H73O3P/c1-4-7-9-11-13-15-17-19-21-23-25-27-29-31-33-37-39(36,35-6-3)38-34-32-30-28-26-24-22-20-18-16-14-12-10-8-5-2/h4-35H2,1-3H3. The van der Waals surface area contributed by atoms with Crippen LogP contribution in [0.1, 0.15) is 207 Å². The van der Waals surface area contributed by atoms with Gasteiger partial charge >= 0.3 is 7.60 Å². The first-order valence-electron chi connectivity index (χ1n) is 18.1.